The molecule has 1 fully saturated rings. The first-order valence-corrected chi connectivity index (χ1v) is 6.90. The van der Waals surface area contributed by atoms with Crippen LogP contribution in [-0.2, 0) is 4.79 Å². The molecule has 20 heavy (non-hydrogen) atoms. The highest BCUT2D eigenvalue weighted by atomic mass is 16.4. The minimum absolute atomic E-state index is 0.0486. The van der Waals surface area contributed by atoms with Gasteiger partial charge < -0.3 is 10.0 Å². The van der Waals surface area contributed by atoms with Gasteiger partial charge in [-0.05, 0) is 25.0 Å². The number of aromatic nitrogens is 1. The normalized spacial score (nSPS) is 14.9. The molecule has 1 aromatic heterocycles. The second kappa shape index (κ2) is 8.30. The maximum Gasteiger partial charge on any atom is 0.300 e. The number of carbonyl (C=O) groups is 2. The first-order valence-electron chi connectivity index (χ1n) is 6.90. The van der Waals surface area contributed by atoms with E-state index < -0.39 is 5.97 Å². The zero-order valence-corrected chi connectivity index (χ0v) is 12.1. The third-order valence-electron chi connectivity index (χ3n) is 3.33. The molecule has 0 saturated heterocycles. The highest BCUT2D eigenvalue weighted by molar-refractivity contribution is 5.92. The summed E-state index contributed by atoms with van der Waals surface area (Å²) in [6.45, 7) is 1.08. The average Bonchev–Trinajstić information content (AvgIpc) is 2.47. The fourth-order valence-corrected chi connectivity index (χ4v) is 2.30. The van der Waals surface area contributed by atoms with Crippen molar-refractivity contribution in [3.8, 4) is 0 Å². The standard InChI is InChI=1S/C13H18N2O.C2H4O2/c1-15(11-7-3-2-4-8-11)13(16)12-9-5-6-10-14-12;1-2(3)4/h5-6,9-11H,2-4,7-8H2,1H3;1H3,(H,3,4). The van der Waals surface area contributed by atoms with Gasteiger partial charge in [-0.15, -0.1) is 0 Å². The summed E-state index contributed by atoms with van der Waals surface area (Å²) in [6, 6.07) is 5.87. The summed E-state index contributed by atoms with van der Waals surface area (Å²) in [5.74, 6) is -0.785. The first-order chi connectivity index (χ1) is 9.52. The monoisotopic (exact) mass is 278 g/mol. The molecular weight excluding hydrogens is 256 g/mol. The summed E-state index contributed by atoms with van der Waals surface area (Å²) in [7, 11) is 1.90. The molecule has 1 N–H and O–H groups in total. The van der Waals surface area contributed by atoms with Crippen LogP contribution in [0.25, 0.3) is 0 Å². The fourth-order valence-electron chi connectivity index (χ4n) is 2.30. The van der Waals surface area contributed by atoms with Gasteiger partial charge >= 0.3 is 0 Å². The molecule has 2 rings (SSSR count). The Kier molecular flexibility index (Phi) is 6.70. The van der Waals surface area contributed by atoms with Crippen molar-refractivity contribution in [3.05, 3.63) is 30.1 Å². The second-order valence-electron chi connectivity index (χ2n) is 4.94. The topological polar surface area (TPSA) is 70.5 Å². The van der Waals surface area contributed by atoms with Gasteiger partial charge in [0, 0.05) is 26.2 Å². The lowest BCUT2D eigenvalue weighted by Gasteiger charge is -2.30. The van der Waals surface area contributed by atoms with E-state index in [0.717, 1.165) is 19.8 Å². The van der Waals surface area contributed by atoms with Gasteiger partial charge in [-0.1, -0.05) is 25.3 Å². The van der Waals surface area contributed by atoms with E-state index in [0.29, 0.717) is 11.7 Å². The molecule has 0 radical (unpaired) electrons. The van der Waals surface area contributed by atoms with Gasteiger partial charge in [0.2, 0.25) is 0 Å². The molecule has 0 atom stereocenters. The van der Waals surface area contributed by atoms with E-state index in [1.54, 1.807) is 12.3 Å². The van der Waals surface area contributed by atoms with Crippen LogP contribution in [0.2, 0.25) is 0 Å². The number of hydrogen-bond donors (Lipinski definition) is 1. The van der Waals surface area contributed by atoms with Gasteiger partial charge in [0.25, 0.3) is 11.9 Å². The Morgan fingerprint density at radius 2 is 1.85 bits per heavy atom. The van der Waals surface area contributed by atoms with Gasteiger partial charge in [-0.2, -0.15) is 0 Å². The number of nitrogens with zero attached hydrogens (tertiary/aromatic N) is 2. The number of carboxylic acid groups (broad SMARTS) is 1. The van der Waals surface area contributed by atoms with Crippen LogP contribution in [0.4, 0.5) is 0 Å². The van der Waals surface area contributed by atoms with Crippen molar-refractivity contribution < 1.29 is 14.7 Å². The zero-order chi connectivity index (χ0) is 15.0. The van der Waals surface area contributed by atoms with Crippen LogP contribution in [0.5, 0.6) is 0 Å². The van der Waals surface area contributed by atoms with Crippen molar-refractivity contribution in [3.63, 3.8) is 0 Å². The molecule has 0 unspecified atom stereocenters. The van der Waals surface area contributed by atoms with Crippen LogP contribution in [0.1, 0.15) is 49.5 Å². The number of aliphatic carboxylic acids is 1. The average molecular weight is 278 g/mol. The molecule has 0 bridgehead atoms. The van der Waals surface area contributed by atoms with E-state index in [1.165, 1.54) is 19.3 Å². The van der Waals surface area contributed by atoms with Gasteiger partial charge in [0.05, 0.1) is 0 Å². The van der Waals surface area contributed by atoms with Crippen molar-refractivity contribution in [2.24, 2.45) is 0 Å². The van der Waals surface area contributed by atoms with E-state index >= 15 is 0 Å². The molecule has 1 aliphatic rings. The summed E-state index contributed by atoms with van der Waals surface area (Å²) in [5.41, 5.74) is 0.551. The molecule has 1 aromatic rings. The summed E-state index contributed by atoms with van der Waals surface area (Å²) >= 11 is 0. The van der Waals surface area contributed by atoms with E-state index in [4.69, 9.17) is 9.90 Å². The molecule has 110 valence electrons. The Morgan fingerprint density at radius 1 is 1.25 bits per heavy atom. The van der Waals surface area contributed by atoms with Gasteiger partial charge in [0.1, 0.15) is 5.69 Å². The maximum absolute atomic E-state index is 12.1. The molecule has 5 heteroatoms. The van der Waals surface area contributed by atoms with Crippen molar-refractivity contribution >= 4 is 11.9 Å². The van der Waals surface area contributed by atoms with Crippen molar-refractivity contribution in [2.45, 2.75) is 45.1 Å². The number of amides is 1. The molecule has 0 spiro atoms. The highest BCUT2D eigenvalue weighted by Crippen LogP contribution is 2.22. The number of rotatable bonds is 2. The molecule has 1 saturated carbocycles. The fraction of sp³-hybridized carbons (Fsp3) is 0.533. The van der Waals surface area contributed by atoms with E-state index in [9.17, 15) is 4.79 Å². The minimum atomic E-state index is -0.833. The van der Waals surface area contributed by atoms with Crippen LogP contribution in [0.3, 0.4) is 0 Å². The first kappa shape index (κ1) is 16.1. The smallest absolute Gasteiger partial charge is 0.300 e. The number of carboxylic acids is 1. The molecule has 1 amide bonds. The third-order valence-corrected chi connectivity index (χ3v) is 3.33. The molecular formula is C15H22N2O3. The Bertz CT molecular complexity index is 424. The summed E-state index contributed by atoms with van der Waals surface area (Å²) < 4.78 is 0. The van der Waals surface area contributed by atoms with E-state index in [2.05, 4.69) is 4.98 Å². The van der Waals surface area contributed by atoms with Gasteiger partial charge in [-0.25, -0.2) is 0 Å². The third kappa shape index (κ3) is 5.38. The maximum atomic E-state index is 12.1. The van der Waals surface area contributed by atoms with Crippen molar-refractivity contribution in [1.82, 2.24) is 9.88 Å². The van der Waals surface area contributed by atoms with Gasteiger partial charge in [-0.3, -0.25) is 14.6 Å². The minimum Gasteiger partial charge on any atom is -0.481 e. The Labute approximate surface area is 119 Å². The van der Waals surface area contributed by atoms with Crippen LogP contribution < -0.4 is 0 Å². The summed E-state index contributed by atoms with van der Waals surface area (Å²) in [4.78, 5) is 27.1. The Hall–Kier alpha value is -1.91. The molecule has 0 aliphatic heterocycles. The van der Waals surface area contributed by atoms with Gasteiger partial charge in [0.15, 0.2) is 0 Å². The largest absolute Gasteiger partial charge is 0.481 e. The van der Waals surface area contributed by atoms with Crippen molar-refractivity contribution in [2.75, 3.05) is 7.05 Å². The summed E-state index contributed by atoms with van der Waals surface area (Å²) in [6.07, 6.45) is 7.73. The zero-order valence-electron chi connectivity index (χ0n) is 12.1. The Morgan fingerprint density at radius 3 is 2.35 bits per heavy atom. The molecule has 0 aromatic carbocycles. The van der Waals surface area contributed by atoms with E-state index in [1.807, 2.05) is 24.1 Å². The van der Waals surface area contributed by atoms with Crippen LogP contribution in [0.15, 0.2) is 24.4 Å². The lowest BCUT2D eigenvalue weighted by atomic mass is 9.94. The molecule has 1 heterocycles. The lowest BCUT2D eigenvalue weighted by Crippen LogP contribution is -2.38. The van der Waals surface area contributed by atoms with Crippen LogP contribution in [0, 0.1) is 0 Å². The number of carbonyl (C=O) groups excluding carboxylic acids is 1. The number of hydrogen-bond acceptors (Lipinski definition) is 3. The van der Waals surface area contributed by atoms with Crippen molar-refractivity contribution in [1.29, 1.82) is 0 Å². The van der Waals surface area contributed by atoms with E-state index in [-0.39, 0.29) is 5.91 Å². The van der Waals surface area contributed by atoms with Crippen LogP contribution >= 0.6 is 0 Å². The molecule has 5 nitrogen and oxygen atoms in total. The second-order valence-corrected chi connectivity index (χ2v) is 4.94. The summed E-state index contributed by atoms with van der Waals surface area (Å²) in [5, 5.41) is 7.42. The quantitative estimate of drug-likeness (QED) is 0.902. The SMILES string of the molecule is CC(=O)O.CN(C(=O)c1ccccn1)C1CCCCC1. The lowest BCUT2D eigenvalue weighted by molar-refractivity contribution is -0.134. The van der Waals surface area contributed by atoms with Crippen LogP contribution in [-0.4, -0.2) is 40.0 Å². The predicted molar refractivity (Wildman–Crippen MR) is 76.5 cm³/mol. The highest BCUT2D eigenvalue weighted by Gasteiger charge is 2.23. The predicted octanol–water partition coefficient (Wildman–Crippen LogP) is 2.58. The Balaban J connectivity index is 0.000000444. The molecule has 1 aliphatic carbocycles. The number of pyridine rings is 1.